The van der Waals surface area contributed by atoms with Crippen molar-refractivity contribution in [3.63, 3.8) is 0 Å². The third kappa shape index (κ3) is 5.39. The molecule has 0 fully saturated rings. The molecule has 0 unspecified atom stereocenters. The molecular weight excluding hydrogens is 424 g/mol. The number of hydrogen-bond acceptors (Lipinski definition) is 6. The highest BCUT2D eigenvalue weighted by atomic mass is 32.2. The molecule has 1 N–H and O–H groups in total. The van der Waals surface area contributed by atoms with Crippen molar-refractivity contribution in [2.75, 3.05) is 0 Å². The standard InChI is InChI=1S/C17H10F4O7S/c18-12-14(20)17(29(24,25)26)15(21)13(19)16(12)28-11(23)7-6-10(22)27-8-9-4-2-1-3-5-9/h1-7H,8H2,(H,24,25,26). The second-order valence-electron chi connectivity index (χ2n) is 5.24. The third-order valence-electron chi connectivity index (χ3n) is 3.22. The van der Waals surface area contributed by atoms with Gasteiger partial charge in [0.05, 0.1) is 0 Å². The molecule has 0 saturated carbocycles. The van der Waals surface area contributed by atoms with Gasteiger partial charge in [0.15, 0.2) is 16.5 Å². The van der Waals surface area contributed by atoms with E-state index in [1.807, 2.05) is 0 Å². The Morgan fingerprint density at radius 1 is 0.897 bits per heavy atom. The minimum Gasteiger partial charge on any atom is -0.458 e. The fourth-order valence-electron chi connectivity index (χ4n) is 1.95. The number of benzene rings is 2. The molecule has 0 saturated heterocycles. The Morgan fingerprint density at radius 3 is 1.93 bits per heavy atom. The molecule has 29 heavy (non-hydrogen) atoms. The van der Waals surface area contributed by atoms with Crippen LogP contribution in [-0.4, -0.2) is 24.9 Å². The summed E-state index contributed by atoms with van der Waals surface area (Å²) in [7, 11) is -5.65. The summed E-state index contributed by atoms with van der Waals surface area (Å²) < 4.78 is 93.9. The van der Waals surface area contributed by atoms with Crippen LogP contribution in [0.25, 0.3) is 0 Å². The fourth-order valence-corrected chi connectivity index (χ4v) is 2.59. The van der Waals surface area contributed by atoms with Crippen molar-refractivity contribution >= 4 is 22.1 Å². The largest absolute Gasteiger partial charge is 0.458 e. The van der Waals surface area contributed by atoms with E-state index in [0.29, 0.717) is 17.7 Å². The van der Waals surface area contributed by atoms with Crippen LogP contribution in [0.15, 0.2) is 47.4 Å². The molecular formula is C17H10F4O7S. The van der Waals surface area contributed by atoms with Gasteiger partial charge in [-0.25, -0.2) is 18.4 Å². The molecule has 0 spiro atoms. The zero-order chi connectivity index (χ0) is 21.8. The molecule has 2 aromatic rings. The predicted octanol–water partition coefficient (Wildman–Crippen LogP) is 2.69. The number of carbonyl (C=O) groups excluding carboxylic acids is 2. The molecule has 0 aliphatic heterocycles. The van der Waals surface area contributed by atoms with Crippen LogP contribution in [0.5, 0.6) is 5.75 Å². The number of esters is 2. The Hall–Kier alpha value is -3.25. The van der Waals surface area contributed by atoms with Gasteiger partial charge in [-0.2, -0.15) is 17.2 Å². The maximum Gasteiger partial charge on any atom is 0.336 e. The van der Waals surface area contributed by atoms with Crippen LogP contribution in [0.3, 0.4) is 0 Å². The first-order chi connectivity index (χ1) is 13.5. The van der Waals surface area contributed by atoms with E-state index in [9.17, 15) is 35.6 Å². The second kappa shape index (κ2) is 8.84. The van der Waals surface area contributed by atoms with Crippen LogP contribution in [0.1, 0.15) is 5.56 Å². The maximum absolute atomic E-state index is 13.8. The summed E-state index contributed by atoms with van der Waals surface area (Å²) in [4.78, 5) is 20.7. The van der Waals surface area contributed by atoms with E-state index in [4.69, 9.17) is 9.29 Å². The number of halogens is 4. The maximum atomic E-state index is 13.8. The van der Waals surface area contributed by atoms with Gasteiger partial charge >= 0.3 is 22.1 Å². The third-order valence-corrected chi connectivity index (χ3v) is 4.10. The Kier molecular flexibility index (Phi) is 6.72. The van der Waals surface area contributed by atoms with Gasteiger partial charge < -0.3 is 9.47 Å². The van der Waals surface area contributed by atoms with Gasteiger partial charge in [-0.05, 0) is 5.56 Å². The molecule has 12 heteroatoms. The van der Waals surface area contributed by atoms with E-state index in [1.54, 1.807) is 30.3 Å². The zero-order valence-electron chi connectivity index (χ0n) is 14.1. The Labute approximate surface area is 160 Å². The summed E-state index contributed by atoms with van der Waals surface area (Å²) in [5, 5.41) is 0. The minimum absolute atomic E-state index is 0.143. The summed E-state index contributed by atoms with van der Waals surface area (Å²) in [5.41, 5.74) is 0.630. The molecule has 0 bridgehead atoms. The lowest BCUT2D eigenvalue weighted by atomic mass is 10.2. The normalized spacial score (nSPS) is 11.5. The fraction of sp³-hybridized carbons (Fsp3) is 0.0588. The summed E-state index contributed by atoms with van der Waals surface area (Å²) >= 11 is 0. The zero-order valence-corrected chi connectivity index (χ0v) is 14.9. The van der Waals surface area contributed by atoms with Gasteiger partial charge in [-0.1, -0.05) is 30.3 Å². The average molecular weight is 434 g/mol. The molecule has 2 aromatic carbocycles. The van der Waals surface area contributed by atoms with Crippen molar-refractivity contribution in [2.45, 2.75) is 11.5 Å². The number of rotatable bonds is 6. The molecule has 0 amide bonds. The second-order valence-corrected chi connectivity index (χ2v) is 6.60. The van der Waals surface area contributed by atoms with Gasteiger partial charge in [0.25, 0.3) is 0 Å². The van der Waals surface area contributed by atoms with Gasteiger partial charge in [0.1, 0.15) is 6.61 Å². The highest BCUT2D eigenvalue weighted by Crippen LogP contribution is 2.32. The molecule has 154 valence electrons. The van der Waals surface area contributed by atoms with Gasteiger partial charge in [0.2, 0.25) is 17.4 Å². The topological polar surface area (TPSA) is 107 Å². The van der Waals surface area contributed by atoms with Crippen LogP contribution >= 0.6 is 0 Å². The van der Waals surface area contributed by atoms with Crippen molar-refractivity contribution in [1.82, 2.24) is 0 Å². The van der Waals surface area contributed by atoms with Gasteiger partial charge in [-0.3, -0.25) is 4.55 Å². The van der Waals surface area contributed by atoms with E-state index in [-0.39, 0.29) is 6.61 Å². The predicted molar refractivity (Wildman–Crippen MR) is 87.1 cm³/mol. The van der Waals surface area contributed by atoms with E-state index < -0.39 is 56.0 Å². The summed E-state index contributed by atoms with van der Waals surface area (Å²) in [6.45, 7) is -0.143. The van der Waals surface area contributed by atoms with Crippen molar-refractivity contribution in [3.05, 3.63) is 71.3 Å². The molecule has 0 radical (unpaired) electrons. The first-order valence-corrected chi connectivity index (χ1v) is 8.90. The smallest absolute Gasteiger partial charge is 0.336 e. The van der Waals surface area contributed by atoms with E-state index in [1.165, 1.54) is 0 Å². The van der Waals surface area contributed by atoms with Gasteiger partial charge in [-0.15, -0.1) is 0 Å². The van der Waals surface area contributed by atoms with Crippen LogP contribution in [0, 0.1) is 23.3 Å². The minimum atomic E-state index is -5.65. The van der Waals surface area contributed by atoms with Crippen molar-refractivity contribution in [3.8, 4) is 5.75 Å². The molecule has 0 atom stereocenters. The Bertz CT molecular complexity index is 1050. The average Bonchev–Trinajstić information content (AvgIpc) is 2.66. The van der Waals surface area contributed by atoms with Crippen LogP contribution < -0.4 is 4.74 Å². The lowest BCUT2D eigenvalue weighted by molar-refractivity contribution is -0.139. The van der Waals surface area contributed by atoms with Crippen molar-refractivity contribution in [2.24, 2.45) is 0 Å². The number of carbonyl (C=O) groups is 2. The van der Waals surface area contributed by atoms with E-state index in [0.717, 1.165) is 0 Å². The first kappa shape index (κ1) is 22.0. The number of ether oxygens (including phenoxy) is 2. The highest BCUT2D eigenvalue weighted by molar-refractivity contribution is 7.85. The number of hydrogen-bond donors (Lipinski definition) is 1. The summed E-state index contributed by atoms with van der Waals surface area (Å²) in [5.74, 6) is -14.3. The Balaban J connectivity index is 2.12. The SMILES string of the molecule is O=C(C=CC(=O)Oc1c(F)c(F)c(S(=O)(=O)O)c(F)c1F)OCc1ccccc1. The monoisotopic (exact) mass is 434 g/mol. The molecule has 0 aliphatic carbocycles. The molecule has 0 aromatic heterocycles. The summed E-state index contributed by atoms with van der Waals surface area (Å²) in [6, 6.07) is 8.40. The first-order valence-electron chi connectivity index (χ1n) is 7.46. The van der Waals surface area contributed by atoms with Crippen LogP contribution in [0.4, 0.5) is 17.6 Å². The molecule has 0 heterocycles. The highest BCUT2D eigenvalue weighted by Gasteiger charge is 2.33. The lowest BCUT2D eigenvalue weighted by Gasteiger charge is -2.09. The molecule has 0 aliphatic rings. The van der Waals surface area contributed by atoms with E-state index >= 15 is 0 Å². The summed E-state index contributed by atoms with van der Waals surface area (Å²) in [6.07, 6.45) is 0.888. The lowest BCUT2D eigenvalue weighted by Crippen LogP contribution is -2.15. The van der Waals surface area contributed by atoms with E-state index in [2.05, 4.69) is 4.74 Å². The van der Waals surface area contributed by atoms with Crippen LogP contribution in [0.2, 0.25) is 0 Å². The van der Waals surface area contributed by atoms with Crippen molar-refractivity contribution in [1.29, 1.82) is 0 Å². The molecule has 7 nitrogen and oxygen atoms in total. The van der Waals surface area contributed by atoms with Crippen molar-refractivity contribution < 1.29 is 49.6 Å². The van der Waals surface area contributed by atoms with Crippen LogP contribution in [-0.2, 0) is 31.1 Å². The quantitative estimate of drug-likeness (QED) is 0.186. The molecule has 2 rings (SSSR count). The Morgan fingerprint density at radius 2 is 1.41 bits per heavy atom. The van der Waals surface area contributed by atoms with Gasteiger partial charge in [0, 0.05) is 12.2 Å².